The highest BCUT2D eigenvalue weighted by molar-refractivity contribution is 7.18. The zero-order chi connectivity index (χ0) is 23.8. The van der Waals surface area contributed by atoms with Gasteiger partial charge in [0.05, 0.1) is 11.6 Å². The maximum Gasteiger partial charge on any atom is 0.319 e. The topological polar surface area (TPSA) is 120 Å². The van der Waals surface area contributed by atoms with Crippen molar-refractivity contribution in [1.82, 2.24) is 15.5 Å². The van der Waals surface area contributed by atoms with Crippen LogP contribution in [-0.2, 0) is 11.2 Å². The molecular weight excluding hydrogens is 448 g/mol. The quantitative estimate of drug-likeness (QED) is 0.370. The highest BCUT2D eigenvalue weighted by Crippen LogP contribution is 2.26. The first kappa shape index (κ1) is 22.6. The SMILES string of the molecule is N#Cc1cccc(NC(=O)NC(Cc2ccccc2)C(=O)Nc2nnc(-c3ccccc3)s2)c1. The third kappa shape index (κ3) is 6.03. The van der Waals surface area contributed by atoms with E-state index in [9.17, 15) is 9.59 Å². The van der Waals surface area contributed by atoms with Crippen LogP contribution in [-0.4, -0.2) is 28.2 Å². The molecule has 9 heteroatoms. The Kier molecular flexibility index (Phi) is 7.22. The molecule has 168 valence electrons. The molecule has 0 aliphatic carbocycles. The molecule has 1 aromatic heterocycles. The lowest BCUT2D eigenvalue weighted by atomic mass is 10.1. The number of nitrogens with one attached hydrogen (secondary N) is 3. The van der Waals surface area contributed by atoms with Crippen LogP contribution in [0.25, 0.3) is 10.6 Å². The van der Waals surface area contributed by atoms with Gasteiger partial charge in [0, 0.05) is 17.7 Å². The van der Waals surface area contributed by atoms with Gasteiger partial charge in [0.25, 0.3) is 0 Å². The monoisotopic (exact) mass is 468 g/mol. The summed E-state index contributed by atoms with van der Waals surface area (Å²) in [5, 5.41) is 26.4. The summed E-state index contributed by atoms with van der Waals surface area (Å²) in [5.74, 6) is -0.416. The molecule has 1 atom stereocenters. The number of carbonyl (C=O) groups is 2. The van der Waals surface area contributed by atoms with Gasteiger partial charge in [-0.1, -0.05) is 78.1 Å². The number of aromatic nitrogens is 2. The van der Waals surface area contributed by atoms with Gasteiger partial charge in [0.2, 0.25) is 11.0 Å². The highest BCUT2D eigenvalue weighted by Gasteiger charge is 2.23. The van der Waals surface area contributed by atoms with Crippen LogP contribution in [0, 0.1) is 11.3 Å². The minimum absolute atomic E-state index is 0.280. The van der Waals surface area contributed by atoms with Crippen molar-refractivity contribution in [3.05, 3.63) is 96.1 Å². The van der Waals surface area contributed by atoms with Crippen LogP contribution in [0.1, 0.15) is 11.1 Å². The maximum absolute atomic E-state index is 13.1. The van der Waals surface area contributed by atoms with E-state index in [4.69, 9.17) is 5.26 Å². The van der Waals surface area contributed by atoms with E-state index in [0.29, 0.717) is 21.4 Å². The number of carbonyl (C=O) groups excluding carboxylic acids is 2. The van der Waals surface area contributed by atoms with Gasteiger partial charge in [-0.15, -0.1) is 10.2 Å². The first-order chi connectivity index (χ1) is 16.6. The molecule has 0 bridgehead atoms. The normalized spacial score (nSPS) is 11.1. The van der Waals surface area contributed by atoms with Crippen molar-refractivity contribution >= 4 is 34.1 Å². The molecule has 1 unspecified atom stereocenters. The molecule has 0 aliphatic heterocycles. The van der Waals surface area contributed by atoms with Gasteiger partial charge in [-0.3, -0.25) is 10.1 Å². The summed E-state index contributed by atoms with van der Waals surface area (Å²) in [4.78, 5) is 25.7. The van der Waals surface area contributed by atoms with Crippen LogP contribution >= 0.6 is 11.3 Å². The van der Waals surface area contributed by atoms with Crippen molar-refractivity contribution in [1.29, 1.82) is 5.26 Å². The van der Waals surface area contributed by atoms with E-state index in [1.165, 1.54) is 11.3 Å². The van der Waals surface area contributed by atoms with Crippen molar-refractivity contribution in [2.75, 3.05) is 10.6 Å². The molecule has 3 amide bonds. The first-order valence-corrected chi connectivity index (χ1v) is 11.2. The fraction of sp³-hybridized carbons (Fsp3) is 0.0800. The average molecular weight is 469 g/mol. The summed E-state index contributed by atoms with van der Waals surface area (Å²) in [6.07, 6.45) is 0.280. The largest absolute Gasteiger partial charge is 0.326 e. The molecule has 0 radical (unpaired) electrons. The minimum Gasteiger partial charge on any atom is -0.326 e. The van der Waals surface area contributed by atoms with Gasteiger partial charge in [-0.25, -0.2) is 4.79 Å². The number of hydrogen-bond donors (Lipinski definition) is 3. The van der Waals surface area contributed by atoms with Crippen molar-refractivity contribution in [3.8, 4) is 16.6 Å². The van der Waals surface area contributed by atoms with Crippen molar-refractivity contribution in [2.24, 2.45) is 0 Å². The summed E-state index contributed by atoms with van der Waals surface area (Å²) < 4.78 is 0. The molecule has 0 saturated heterocycles. The third-order valence-corrected chi connectivity index (χ3v) is 5.72. The standard InChI is InChI=1S/C25H20N6O2S/c26-16-18-10-7-13-20(14-18)27-24(33)28-21(15-17-8-3-1-4-9-17)22(32)29-25-31-30-23(34-25)19-11-5-2-6-12-19/h1-14,21H,15H2,(H2,27,28,33)(H,29,31,32). The number of nitriles is 1. The second kappa shape index (κ2) is 10.8. The maximum atomic E-state index is 13.1. The molecule has 4 aromatic rings. The van der Waals surface area contributed by atoms with E-state index < -0.39 is 18.0 Å². The Morgan fingerprint density at radius 2 is 1.65 bits per heavy atom. The van der Waals surface area contributed by atoms with Crippen LogP contribution in [0.4, 0.5) is 15.6 Å². The molecule has 0 fully saturated rings. The Balaban J connectivity index is 1.47. The number of benzene rings is 3. The molecule has 0 spiro atoms. The summed E-state index contributed by atoms with van der Waals surface area (Å²) in [7, 11) is 0. The Bertz CT molecular complexity index is 1320. The molecule has 3 aromatic carbocycles. The van der Waals surface area contributed by atoms with Gasteiger partial charge in [-0.05, 0) is 23.8 Å². The molecule has 3 N–H and O–H groups in total. The van der Waals surface area contributed by atoms with Crippen LogP contribution in [0.2, 0.25) is 0 Å². The van der Waals surface area contributed by atoms with Gasteiger partial charge < -0.3 is 10.6 Å². The van der Waals surface area contributed by atoms with Gasteiger partial charge in [-0.2, -0.15) is 5.26 Å². The molecule has 8 nitrogen and oxygen atoms in total. The van der Waals surface area contributed by atoms with E-state index in [1.807, 2.05) is 66.7 Å². The number of rotatable bonds is 7. The molecule has 34 heavy (non-hydrogen) atoms. The van der Waals surface area contributed by atoms with Crippen molar-refractivity contribution < 1.29 is 9.59 Å². The molecule has 0 saturated carbocycles. The van der Waals surface area contributed by atoms with E-state index in [0.717, 1.165) is 11.1 Å². The second-order valence-corrected chi connectivity index (χ2v) is 8.28. The third-order valence-electron chi connectivity index (χ3n) is 4.83. The zero-order valence-electron chi connectivity index (χ0n) is 17.9. The summed E-state index contributed by atoms with van der Waals surface area (Å²) in [6, 6.07) is 26.1. The van der Waals surface area contributed by atoms with E-state index in [1.54, 1.807) is 24.3 Å². The second-order valence-electron chi connectivity index (χ2n) is 7.30. The lowest BCUT2D eigenvalue weighted by molar-refractivity contribution is -0.117. The predicted molar refractivity (Wildman–Crippen MR) is 131 cm³/mol. The fourth-order valence-electron chi connectivity index (χ4n) is 3.21. The minimum atomic E-state index is -0.870. The number of nitrogens with zero attached hydrogens (tertiary/aromatic N) is 3. The highest BCUT2D eigenvalue weighted by atomic mass is 32.1. The van der Waals surface area contributed by atoms with E-state index >= 15 is 0 Å². The number of amides is 3. The van der Waals surface area contributed by atoms with Gasteiger partial charge in [0.15, 0.2) is 0 Å². The first-order valence-electron chi connectivity index (χ1n) is 10.4. The van der Waals surface area contributed by atoms with Crippen molar-refractivity contribution in [2.45, 2.75) is 12.5 Å². The number of anilines is 2. The van der Waals surface area contributed by atoms with Gasteiger partial charge in [0.1, 0.15) is 11.0 Å². The smallest absolute Gasteiger partial charge is 0.319 e. The number of urea groups is 1. The summed E-state index contributed by atoms with van der Waals surface area (Å²) in [5.41, 5.74) is 2.66. The Hall–Kier alpha value is -4.55. The number of hydrogen-bond acceptors (Lipinski definition) is 6. The average Bonchev–Trinajstić information content (AvgIpc) is 3.33. The van der Waals surface area contributed by atoms with Crippen molar-refractivity contribution in [3.63, 3.8) is 0 Å². The fourth-order valence-corrected chi connectivity index (χ4v) is 3.97. The lowest BCUT2D eigenvalue weighted by Gasteiger charge is -2.18. The van der Waals surface area contributed by atoms with Crippen LogP contribution in [0.5, 0.6) is 0 Å². The van der Waals surface area contributed by atoms with E-state index in [2.05, 4.69) is 26.1 Å². The predicted octanol–water partition coefficient (Wildman–Crippen LogP) is 4.45. The molecule has 4 rings (SSSR count). The lowest BCUT2D eigenvalue weighted by Crippen LogP contribution is -2.46. The molecule has 0 aliphatic rings. The summed E-state index contributed by atoms with van der Waals surface area (Å²) >= 11 is 1.25. The molecular formula is C25H20N6O2S. The Morgan fingerprint density at radius 1 is 0.912 bits per heavy atom. The van der Waals surface area contributed by atoms with Crippen LogP contribution in [0.3, 0.4) is 0 Å². The molecule has 1 heterocycles. The van der Waals surface area contributed by atoms with Gasteiger partial charge >= 0.3 is 6.03 Å². The Labute approximate surface area is 200 Å². The summed E-state index contributed by atoms with van der Waals surface area (Å²) in [6.45, 7) is 0. The van der Waals surface area contributed by atoms with Crippen LogP contribution < -0.4 is 16.0 Å². The van der Waals surface area contributed by atoms with Crippen LogP contribution in [0.15, 0.2) is 84.9 Å². The zero-order valence-corrected chi connectivity index (χ0v) is 18.8. The van der Waals surface area contributed by atoms with E-state index in [-0.39, 0.29) is 6.42 Å². The Morgan fingerprint density at radius 3 is 2.38 bits per heavy atom.